The van der Waals surface area contributed by atoms with Crippen LogP contribution in [0.1, 0.15) is 24.0 Å². The number of nitrogens with two attached hydrogens (primary N) is 1. The van der Waals surface area contributed by atoms with E-state index in [9.17, 15) is 0 Å². The lowest BCUT2D eigenvalue weighted by Gasteiger charge is -2.17. The molecule has 2 nitrogen and oxygen atoms in total. The summed E-state index contributed by atoms with van der Waals surface area (Å²) in [5, 5.41) is 0. The number of hydrogen-bond donors (Lipinski definition) is 1. The summed E-state index contributed by atoms with van der Waals surface area (Å²) in [7, 11) is 0. The van der Waals surface area contributed by atoms with Crippen molar-refractivity contribution in [1.82, 2.24) is 0 Å². The van der Waals surface area contributed by atoms with Gasteiger partial charge >= 0.3 is 0 Å². The van der Waals surface area contributed by atoms with E-state index in [1.165, 1.54) is 11.1 Å². The van der Waals surface area contributed by atoms with Crippen LogP contribution in [0.4, 0.5) is 0 Å². The van der Waals surface area contributed by atoms with Gasteiger partial charge in [0.15, 0.2) is 0 Å². The van der Waals surface area contributed by atoms with Crippen LogP contribution < -0.4 is 5.73 Å². The number of rotatable bonds is 4. The van der Waals surface area contributed by atoms with Gasteiger partial charge in [-0.25, -0.2) is 0 Å². The molecule has 1 aromatic carbocycles. The van der Waals surface area contributed by atoms with Crippen LogP contribution in [0.3, 0.4) is 0 Å². The second-order valence-corrected chi connectivity index (χ2v) is 4.82. The first-order valence-electron chi connectivity index (χ1n) is 6.14. The molecule has 1 fully saturated rings. The molecule has 0 saturated carbocycles. The zero-order valence-corrected chi connectivity index (χ0v) is 9.99. The van der Waals surface area contributed by atoms with Gasteiger partial charge < -0.3 is 10.5 Å². The summed E-state index contributed by atoms with van der Waals surface area (Å²) in [5.74, 6) is 0.574. The summed E-state index contributed by atoms with van der Waals surface area (Å²) < 4.78 is 5.37. The minimum Gasteiger partial charge on any atom is -0.381 e. The molecule has 2 unspecified atom stereocenters. The first kappa shape index (κ1) is 11.6. The first-order valence-corrected chi connectivity index (χ1v) is 6.14. The molecule has 2 rings (SSSR count). The van der Waals surface area contributed by atoms with E-state index in [-0.39, 0.29) is 0 Å². The molecule has 1 aromatic rings. The van der Waals surface area contributed by atoms with E-state index in [2.05, 4.69) is 31.2 Å². The monoisotopic (exact) mass is 219 g/mol. The van der Waals surface area contributed by atoms with Gasteiger partial charge in [0.25, 0.3) is 0 Å². The molecule has 0 amide bonds. The molecule has 1 saturated heterocycles. The van der Waals surface area contributed by atoms with Crippen molar-refractivity contribution in [2.45, 2.75) is 32.2 Å². The standard InChI is InChI=1S/C14H21NO/c1-11-3-2-4-12(9-11)5-6-14(15)13-7-8-16-10-13/h2-4,9,13-14H,5-8,10,15H2,1H3. The Morgan fingerprint density at radius 2 is 2.38 bits per heavy atom. The van der Waals surface area contributed by atoms with E-state index in [1.807, 2.05) is 0 Å². The highest BCUT2D eigenvalue weighted by Crippen LogP contribution is 2.19. The molecule has 2 heteroatoms. The number of aryl methyl sites for hydroxylation is 2. The van der Waals surface area contributed by atoms with Gasteiger partial charge in [-0.05, 0) is 37.7 Å². The Balaban J connectivity index is 1.82. The summed E-state index contributed by atoms with van der Waals surface area (Å²) in [5.41, 5.74) is 8.91. The fourth-order valence-electron chi connectivity index (χ4n) is 2.33. The Labute approximate surface area is 97.8 Å². The summed E-state index contributed by atoms with van der Waals surface area (Å²) in [4.78, 5) is 0. The van der Waals surface area contributed by atoms with Crippen LogP contribution in [-0.4, -0.2) is 19.3 Å². The fourth-order valence-corrected chi connectivity index (χ4v) is 2.33. The average molecular weight is 219 g/mol. The second kappa shape index (κ2) is 5.46. The SMILES string of the molecule is Cc1cccc(CCC(N)C2CCOC2)c1. The maximum Gasteiger partial charge on any atom is 0.0509 e. The Hall–Kier alpha value is -0.860. The molecule has 2 N–H and O–H groups in total. The van der Waals surface area contributed by atoms with Gasteiger partial charge in [0.05, 0.1) is 6.61 Å². The molecule has 1 aliphatic heterocycles. The van der Waals surface area contributed by atoms with Crippen LogP contribution in [0, 0.1) is 12.8 Å². The van der Waals surface area contributed by atoms with E-state index in [0.29, 0.717) is 12.0 Å². The molecule has 2 atom stereocenters. The van der Waals surface area contributed by atoms with Crippen molar-refractivity contribution in [2.75, 3.05) is 13.2 Å². The smallest absolute Gasteiger partial charge is 0.0509 e. The molecule has 0 radical (unpaired) electrons. The molecule has 0 aliphatic carbocycles. The minimum atomic E-state index is 0.294. The van der Waals surface area contributed by atoms with Gasteiger partial charge in [0.2, 0.25) is 0 Å². The molecule has 0 spiro atoms. The second-order valence-electron chi connectivity index (χ2n) is 4.82. The number of benzene rings is 1. The molecular weight excluding hydrogens is 198 g/mol. The molecule has 0 aromatic heterocycles. The van der Waals surface area contributed by atoms with Crippen molar-refractivity contribution in [3.05, 3.63) is 35.4 Å². The van der Waals surface area contributed by atoms with Crippen molar-refractivity contribution in [3.8, 4) is 0 Å². The van der Waals surface area contributed by atoms with Crippen LogP contribution in [0.5, 0.6) is 0 Å². The molecule has 88 valence electrons. The lowest BCUT2D eigenvalue weighted by molar-refractivity contribution is 0.180. The molecule has 1 heterocycles. The highest BCUT2D eigenvalue weighted by Gasteiger charge is 2.22. The van der Waals surface area contributed by atoms with Crippen LogP contribution >= 0.6 is 0 Å². The summed E-state index contributed by atoms with van der Waals surface area (Å²) in [6.07, 6.45) is 3.28. The van der Waals surface area contributed by atoms with Crippen LogP contribution in [0.25, 0.3) is 0 Å². The third kappa shape index (κ3) is 3.06. The maximum atomic E-state index is 6.18. The van der Waals surface area contributed by atoms with Crippen LogP contribution in [0.2, 0.25) is 0 Å². The van der Waals surface area contributed by atoms with Gasteiger partial charge in [-0.3, -0.25) is 0 Å². The first-order chi connectivity index (χ1) is 7.75. The van der Waals surface area contributed by atoms with E-state index in [1.54, 1.807) is 0 Å². The van der Waals surface area contributed by atoms with E-state index < -0.39 is 0 Å². The Bertz CT molecular complexity index is 331. The van der Waals surface area contributed by atoms with Crippen molar-refractivity contribution in [2.24, 2.45) is 11.7 Å². The molecule has 0 bridgehead atoms. The Morgan fingerprint density at radius 3 is 3.06 bits per heavy atom. The third-order valence-electron chi connectivity index (χ3n) is 3.42. The zero-order valence-electron chi connectivity index (χ0n) is 9.99. The minimum absolute atomic E-state index is 0.294. The predicted molar refractivity (Wildman–Crippen MR) is 66.4 cm³/mol. The molecule has 1 aliphatic rings. The third-order valence-corrected chi connectivity index (χ3v) is 3.42. The molecular formula is C14H21NO. The van der Waals surface area contributed by atoms with Gasteiger partial charge in [-0.2, -0.15) is 0 Å². The Morgan fingerprint density at radius 1 is 1.50 bits per heavy atom. The summed E-state index contributed by atoms with van der Waals surface area (Å²) in [6, 6.07) is 8.98. The van der Waals surface area contributed by atoms with E-state index >= 15 is 0 Å². The highest BCUT2D eigenvalue weighted by atomic mass is 16.5. The topological polar surface area (TPSA) is 35.2 Å². The summed E-state index contributed by atoms with van der Waals surface area (Å²) in [6.45, 7) is 3.88. The number of ether oxygens (including phenoxy) is 1. The van der Waals surface area contributed by atoms with Crippen LogP contribution in [0.15, 0.2) is 24.3 Å². The van der Waals surface area contributed by atoms with Gasteiger partial charge in [0, 0.05) is 12.6 Å². The predicted octanol–water partition coefficient (Wildman–Crippen LogP) is 2.29. The van der Waals surface area contributed by atoms with E-state index in [0.717, 1.165) is 32.5 Å². The van der Waals surface area contributed by atoms with Crippen molar-refractivity contribution in [1.29, 1.82) is 0 Å². The fraction of sp³-hybridized carbons (Fsp3) is 0.571. The van der Waals surface area contributed by atoms with Gasteiger partial charge in [-0.1, -0.05) is 29.8 Å². The lowest BCUT2D eigenvalue weighted by atomic mass is 9.94. The quantitative estimate of drug-likeness (QED) is 0.843. The maximum absolute atomic E-state index is 6.18. The van der Waals surface area contributed by atoms with Crippen molar-refractivity contribution >= 4 is 0 Å². The Kier molecular flexibility index (Phi) is 3.97. The van der Waals surface area contributed by atoms with Crippen LogP contribution in [-0.2, 0) is 11.2 Å². The largest absolute Gasteiger partial charge is 0.381 e. The van der Waals surface area contributed by atoms with E-state index in [4.69, 9.17) is 10.5 Å². The van der Waals surface area contributed by atoms with Crippen molar-refractivity contribution < 1.29 is 4.74 Å². The average Bonchev–Trinajstić information content (AvgIpc) is 2.79. The normalized spacial score (nSPS) is 22.2. The highest BCUT2D eigenvalue weighted by molar-refractivity contribution is 5.22. The lowest BCUT2D eigenvalue weighted by Crippen LogP contribution is -2.30. The van der Waals surface area contributed by atoms with Crippen molar-refractivity contribution in [3.63, 3.8) is 0 Å². The summed E-state index contributed by atoms with van der Waals surface area (Å²) >= 11 is 0. The van der Waals surface area contributed by atoms with Gasteiger partial charge in [0.1, 0.15) is 0 Å². The molecule has 16 heavy (non-hydrogen) atoms. The van der Waals surface area contributed by atoms with Gasteiger partial charge in [-0.15, -0.1) is 0 Å². The number of hydrogen-bond acceptors (Lipinski definition) is 2. The zero-order chi connectivity index (χ0) is 11.4.